The summed E-state index contributed by atoms with van der Waals surface area (Å²) in [5, 5.41) is 4.77. The summed E-state index contributed by atoms with van der Waals surface area (Å²) in [4.78, 5) is 64.9. The highest BCUT2D eigenvalue weighted by atomic mass is 16.5. The Morgan fingerprint density at radius 1 is 0.417 bits per heavy atom. The lowest BCUT2D eigenvalue weighted by Gasteiger charge is -2.21. The van der Waals surface area contributed by atoms with Gasteiger partial charge >= 0.3 is 29.9 Å². The number of hydrogen-bond acceptors (Lipinski definition) is 9. The monoisotopic (exact) mass is 652 g/mol. The second-order valence-corrected chi connectivity index (χ2v) is 10.6. The van der Waals surface area contributed by atoms with Gasteiger partial charge in [-0.2, -0.15) is 0 Å². The number of hydrogen-bond donors (Lipinski definition) is 2. The second kappa shape index (κ2) is 18.9. The van der Waals surface area contributed by atoms with Crippen molar-refractivity contribution in [2.75, 3.05) is 0 Å². The quantitative estimate of drug-likeness (QED) is 0.129. The third kappa shape index (κ3) is 12.4. The number of carbonyl (C=O) groups is 5. The van der Waals surface area contributed by atoms with Crippen LogP contribution in [0.5, 0.6) is 0 Å². The predicted octanol–water partition coefficient (Wildman–Crippen LogP) is 4.78. The topological polar surface area (TPSA) is 146 Å². The van der Waals surface area contributed by atoms with Crippen molar-refractivity contribution < 1.29 is 42.9 Å². The van der Waals surface area contributed by atoms with Gasteiger partial charge < -0.3 is 29.6 Å². The van der Waals surface area contributed by atoms with Gasteiger partial charge in [0.2, 0.25) is 0 Å². The molecule has 4 aromatic carbocycles. The van der Waals surface area contributed by atoms with E-state index < -0.39 is 54.8 Å². The lowest BCUT2D eigenvalue weighted by atomic mass is 10.2. The van der Waals surface area contributed by atoms with Crippen molar-refractivity contribution in [1.29, 1.82) is 0 Å². The second-order valence-electron chi connectivity index (χ2n) is 10.6. The highest BCUT2D eigenvalue weighted by Crippen LogP contribution is 2.10. The number of ether oxygens (including phenoxy) is 4. The maximum absolute atomic E-state index is 13.2. The van der Waals surface area contributed by atoms with Gasteiger partial charge in [0.25, 0.3) is 0 Å². The Balaban J connectivity index is 1.42. The zero-order valence-electron chi connectivity index (χ0n) is 26.1. The normalized spacial score (nSPS) is 11.7. The molecule has 0 spiro atoms. The van der Waals surface area contributed by atoms with Gasteiger partial charge in [-0.15, -0.1) is 0 Å². The summed E-state index contributed by atoms with van der Waals surface area (Å²) in [5.41, 5.74) is 2.85. The van der Waals surface area contributed by atoms with Crippen LogP contribution in [0.3, 0.4) is 0 Å². The van der Waals surface area contributed by atoms with E-state index in [2.05, 4.69) is 10.6 Å². The molecule has 0 aromatic heterocycles. The molecule has 11 heteroatoms. The van der Waals surface area contributed by atoms with Gasteiger partial charge in [0.15, 0.2) is 0 Å². The molecule has 11 nitrogen and oxygen atoms in total. The third-order valence-corrected chi connectivity index (χ3v) is 6.85. The van der Waals surface area contributed by atoms with E-state index in [4.69, 9.17) is 18.9 Å². The first-order valence-corrected chi connectivity index (χ1v) is 15.2. The van der Waals surface area contributed by atoms with E-state index >= 15 is 0 Å². The van der Waals surface area contributed by atoms with Crippen molar-refractivity contribution in [3.8, 4) is 0 Å². The van der Waals surface area contributed by atoms with Gasteiger partial charge in [-0.25, -0.2) is 14.4 Å². The first kappa shape index (κ1) is 34.9. The van der Waals surface area contributed by atoms with Crippen LogP contribution in [-0.2, 0) is 64.6 Å². The summed E-state index contributed by atoms with van der Waals surface area (Å²) < 4.78 is 21.4. The molecule has 2 N–H and O–H groups in total. The molecule has 248 valence electrons. The van der Waals surface area contributed by atoms with Gasteiger partial charge in [0.05, 0.1) is 12.8 Å². The SMILES string of the molecule is O=C(N[C@@H](CC(=O)OCc1ccccc1)C(=O)OCc1ccccc1)N[C@@H](CC(=O)OCc1ccccc1)C(=O)OCc1ccccc1. The van der Waals surface area contributed by atoms with Crippen LogP contribution in [0.2, 0.25) is 0 Å². The maximum atomic E-state index is 13.2. The standard InChI is InChI=1S/C37H36N2O9/c40-33(45-23-27-13-5-1-6-14-27)21-31(35(42)47-25-29-17-9-3-10-18-29)38-37(44)39-32(36(43)48-26-30-19-11-4-12-20-30)22-34(41)46-24-28-15-7-2-8-16-28/h1-20,31-32H,21-26H2,(H2,38,39,44)/t31-,32-/m0/s1. The fraction of sp³-hybridized carbons (Fsp3) is 0.216. The average Bonchev–Trinajstić information content (AvgIpc) is 3.12. The number of carbonyl (C=O) groups excluding carboxylic acids is 5. The van der Waals surface area contributed by atoms with E-state index in [-0.39, 0.29) is 26.4 Å². The fourth-order valence-electron chi connectivity index (χ4n) is 4.33. The van der Waals surface area contributed by atoms with Crippen molar-refractivity contribution in [2.45, 2.75) is 51.4 Å². The number of nitrogens with one attached hydrogen (secondary N) is 2. The molecule has 0 bridgehead atoms. The Hall–Kier alpha value is -5.97. The number of rotatable bonds is 16. The minimum Gasteiger partial charge on any atom is -0.461 e. The third-order valence-electron chi connectivity index (χ3n) is 6.85. The van der Waals surface area contributed by atoms with Crippen molar-refractivity contribution in [1.82, 2.24) is 10.6 Å². The Kier molecular flexibility index (Phi) is 13.7. The Morgan fingerprint density at radius 3 is 0.979 bits per heavy atom. The Bertz CT molecular complexity index is 1500. The molecule has 0 aliphatic rings. The van der Waals surface area contributed by atoms with E-state index in [0.717, 1.165) is 11.1 Å². The highest BCUT2D eigenvalue weighted by Gasteiger charge is 2.30. The first-order valence-electron chi connectivity index (χ1n) is 15.2. The molecular formula is C37H36N2O9. The number of esters is 4. The smallest absolute Gasteiger partial charge is 0.329 e. The van der Waals surface area contributed by atoms with E-state index in [0.29, 0.717) is 11.1 Å². The molecule has 4 rings (SSSR count). The van der Waals surface area contributed by atoms with E-state index in [1.54, 1.807) is 97.1 Å². The zero-order valence-corrected chi connectivity index (χ0v) is 26.1. The Labute approximate surface area is 278 Å². The lowest BCUT2D eigenvalue weighted by molar-refractivity contribution is -0.154. The summed E-state index contributed by atoms with van der Waals surface area (Å²) in [7, 11) is 0. The largest absolute Gasteiger partial charge is 0.461 e. The van der Waals surface area contributed by atoms with Crippen LogP contribution < -0.4 is 10.6 Å². The van der Waals surface area contributed by atoms with E-state index in [1.807, 2.05) is 24.3 Å². The number of amides is 2. The van der Waals surface area contributed by atoms with Crippen molar-refractivity contribution >= 4 is 29.9 Å². The predicted molar refractivity (Wildman–Crippen MR) is 173 cm³/mol. The molecule has 2 amide bonds. The molecule has 0 fully saturated rings. The van der Waals surface area contributed by atoms with Crippen molar-refractivity contribution in [3.05, 3.63) is 144 Å². The van der Waals surface area contributed by atoms with Crippen molar-refractivity contribution in [2.24, 2.45) is 0 Å². The van der Waals surface area contributed by atoms with Crippen LogP contribution in [0, 0.1) is 0 Å². The zero-order chi connectivity index (χ0) is 34.0. The molecule has 0 saturated carbocycles. The molecule has 2 atom stereocenters. The summed E-state index contributed by atoms with van der Waals surface area (Å²) in [6.45, 7) is -0.309. The average molecular weight is 653 g/mol. The first-order chi connectivity index (χ1) is 23.4. The minimum atomic E-state index is -1.48. The molecular weight excluding hydrogens is 616 g/mol. The van der Waals surface area contributed by atoms with Gasteiger partial charge in [0.1, 0.15) is 38.5 Å². The summed E-state index contributed by atoms with van der Waals surface area (Å²) >= 11 is 0. The molecule has 0 heterocycles. The molecule has 4 aromatic rings. The lowest BCUT2D eigenvalue weighted by Crippen LogP contribution is -2.52. The van der Waals surface area contributed by atoms with Gasteiger partial charge in [-0.3, -0.25) is 9.59 Å². The molecule has 0 unspecified atom stereocenters. The molecule has 0 aliphatic carbocycles. The molecule has 48 heavy (non-hydrogen) atoms. The molecule has 0 radical (unpaired) electrons. The van der Waals surface area contributed by atoms with Crippen LogP contribution >= 0.6 is 0 Å². The fourth-order valence-corrected chi connectivity index (χ4v) is 4.33. The van der Waals surface area contributed by atoms with E-state index in [9.17, 15) is 24.0 Å². The van der Waals surface area contributed by atoms with Gasteiger partial charge in [0, 0.05) is 0 Å². The molecule has 0 saturated heterocycles. The van der Waals surface area contributed by atoms with Crippen LogP contribution in [0.25, 0.3) is 0 Å². The van der Waals surface area contributed by atoms with E-state index in [1.165, 1.54) is 0 Å². The van der Waals surface area contributed by atoms with Crippen LogP contribution in [0.1, 0.15) is 35.1 Å². The van der Waals surface area contributed by atoms with Crippen LogP contribution in [0.4, 0.5) is 4.79 Å². The number of benzene rings is 4. The van der Waals surface area contributed by atoms with Crippen LogP contribution in [0.15, 0.2) is 121 Å². The van der Waals surface area contributed by atoms with Crippen LogP contribution in [-0.4, -0.2) is 42.0 Å². The highest BCUT2D eigenvalue weighted by molar-refractivity contribution is 5.91. The van der Waals surface area contributed by atoms with Crippen molar-refractivity contribution in [3.63, 3.8) is 0 Å². The molecule has 0 aliphatic heterocycles. The number of urea groups is 1. The Morgan fingerprint density at radius 2 is 0.688 bits per heavy atom. The van der Waals surface area contributed by atoms with Gasteiger partial charge in [-0.1, -0.05) is 121 Å². The summed E-state index contributed by atoms with van der Waals surface area (Å²) in [6, 6.07) is 31.6. The van der Waals surface area contributed by atoms with Gasteiger partial charge in [-0.05, 0) is 22.3 Å². The summed E-state index contributed by atoms with van der Waals surface area (Å²) in [5.74, 6) is -3.36. The maximum Gasteiger partial charge on any atom is 0.329 e. The summed E-state index contributed by atoms with van der Waals surface area (Å²) in [6.07, 6.45) is -1.12. The minimum absolute atomic E-state index is 0.0436.